The van der Waals surface area contributed by atoms with Crippen LogP contribution >= 0.6 is 0 Å². The van der Waals surface area contributed by atoms with Crippen molar-refractivity contribution in [1.82, 2.24) is 0 Å². The normalized spacial score (nSPS) is 29.2. The zero-order chi connectivity index (χ0) is 8.10. The van der Waals surface area contributed by atoms with Gasteiger partial charge in [0.2, 0.25) is 0 Å². The van der Waals surface area contributed by atoms with Gasteiger partial charge in [0.05, 0.1) is 0 Å². The average Bonchev–Trinajstić information content (AvgIpc) is 2.77. The number of allylic oxidation sites excluding steroid dienone is 2. The van der Waals surface area contributed by atoms with E-state index in [1.54, 1.807) is 0 Å². The van der Waals surface area contributed by atoms with Crippen LogP contribution in [0.25, 0.3) is 0 Å². The van der Waals surface area contributed by atoms with Crippen LogP contribution in [0.3, 0.4) is 0 Å². The molecule has 0 N–H and O–H groups in total. The standard InChI is InChI=1S/C10H16O/c1-2-3-4-5-6-9-7-10(9)8-11/h5-6,8-10H,2-4,7H2,1H3/b6-5+/t9-,10+/m0/s1. The Labute approximate surface area is 68.5 Å². The number of rotatable bonds is 5. The highest BCUT2D eigenvalue weighted by atomic mass is 16.1. The summed E-state index contributed by atoms with van der Waals surface area (Å²) >= 11 is 0. The van der Waals surface area contributed by atoms with Crippen LogP contribution in [0.5, 0.6) is 0 Å². The summed E-state index contributed by atoms with van der Waals surface area (Å²) in [5.41, 5.74) is 0. The van der Waals surface area contributed by atoms with Crippen LogP contribution in [-0.2, 0) is 4.79 Å². The Morgan fingerprint density at radius 1 is 1.45 bits per heavy atom. The van der Waals surface area contributed by atoms with Gasteiger partial charge in [0.1, 0.15) is 6.29 Å². The molecule has 0 heterocycles. The molecular weight excluding hydrogens is 136 g/mol. The van der Waals surface area contributed by atoms with Crippen LogP contribution in [0, 0.1) is 11.8 Å². The van der Waals surface area contributed by atoms with Gasteiger partial charge in [-0.05, 0) is 18.8 Å². The molecule has 0 aromatic carbocycles. The molecular formula is C10H16O. The second-order valence-corrected chi connectivity index (χ2v) is 3.27. The number of hydrogen-bond acceptors (Lipinski definition) is 1. The van der Waals surface area contributed by atoms with E-state index in [4.69, 9.17) is 0 Å². The Balaban J connectivity index is 2.03. The summed E-state index contributed by atoms with van der Waals surface area (Å²) in [6.45, 7) is 2.19. The number of carbonyl (C=O) groups is 1. The summed E-state index contributed by atoms with van der Waals surface area (Å²) < 4.78 is 0. The first kappa shape index (κ1) is 8.51. The van der Waals surface area contributed by atoms with Gasteiger partial charge in [-0.15, -0.1) is 0 Å². The quantitative estimate of drug-likeness (QED) is 0.336. The fraction of sp³-hybridized carbons (Fsp3) is 0.700. The fourth-order valence-corrected chi connectivity index (χ4v) is 1.21. The van der Waals surface area contributed by atoms with E-state index in [0.717, 1.165) is 12.7 Å². The first-order chi connectivity index (χ1) is 5.38. The second kappa shape index (κ2) is 4.32. The molecule has 0 saturated heterocycles. The Morgan fingerprint density at radius 3 is 2.82 bits per heavy atom. The van der Waals surface area contributed by atoms with Crippen molar-refractivity contribution >= 4 is 6.29 Å². The van der Waals surface area contributed by atoms with E-state index < -0.39 is 0 Å². The van der Waals surface area contributed by atoms with Crippen molar-refractivity contribution in [2.75, 3.05) is 0 Å². The Bertz CT molecular complexity index is 149. The summed E-state index contributed by atoms with van der Waals surface area (Å²) in [5, 5.41) is 0. The SMILES string of the molecule is CCCC/C=C/[C@H]1C[C@@H]1C=O. The molecule has 0 aliphatic heterocycles. The molecule has 1 fully saturated rings. The third-order valence-electron chi connectivity index (χ3n) is 2.17. The predicted molar refractivity (Wildman–Crippen MR) is 46.3 cm³/mol. The van der Waals surface area contributed by atoms with Gasteiger partial charge in [-0.3, -0.25) is 0 Å². The zero-order valence-corrected chi connectivity index (χ0v) is 7.12. The molecule has 0 amide bonds. The maximum atomic E-state index is 10.2. The summed E-state index contributed by atoms with van der Waals surface area (Å²) in [5.74, 6) is 0.942. The maximum Gasteiger partial charge on any atom is 0.123 e. The van der Waals surface area contributed by atoms with Crippen molar-refractivity contribution in [2.45, 2.75) is 32.6 Å². The molecule has 1 rings (SSSR count). The molecule has 62 valence electrons. The topological polar surface area (TPSA) is 17.1 Å². The number of hydrogen-bond donors (Lipinski definition) is 0. The third kappa shape index (κ3) is 2.87. The van der Waals surface area contributed by atoms with Crippen molar-refractivity contribution in [2.24, 2.45) is 11.8 Å². The zero-order valence-electron chi connectivity index (χ0n) is 7.12. The highest BCUT2D eigenvalue weighted by Crippen LogP contribution is 2.37. The lowest BCUT2D eigenvalue weighted by atomic mass is 10.2. The highest BCUT2D eigenvalue weighted by Gasteiger charge is 2.33. The van der Waals surface area contributed by atoms with Crippen LogP contribution in [-0.4, -0.2) is 6.29 Å². The van der Waals surface area contributed by atoms with Gasteiger partial charge in [-0.25, -0.2) is 0 Å². The Morgan fingerprint density at radius 2 is 2.27 bits per heavy atom. The third-order valence-corrected chi connectivity index (χ3v) is 2.17. The number of carbonyl (C=O) groups excluding carboxylic acids is 1. The number of aldehydes is 1. The molecule has 1 nitrogen and oxygen atoms in total. The highest BCUT2D eigenvalue weighted by molar-refractivity contribution is 5.59. The van der Waals surface area contributed by atoms with Crippen LogP contribution in [0.4, 0.5) is 0 Å². The van der Waals surface area contributed by atoms with Crippen molar-refractivity contribution in [3.63, 3.8) is 0 Å². The van der Waals surface area contributed by atoms with E-state index in [0.29, 0.717) is 11.8 Å². The van der Waals surface area contributed by atoms with Gasteiger partial charge in [0.25, 0.3) is 0 Å². The van der Waals surface area contributed by atoms with Gasteiger partial charge in [-0.1, -0.05) is 31.9 Å². The van der Waals surface area contributed by atoms with E-state index >= 15 is 0 Å². The molecule has 2 atom stereocenters. The van der Waals surface area contributed by atoms with E-state index in [2.05, 4.69) is 19.1 Å². The Kier molecular flexibility index (Phi) is 3.34. The van der Waals surface area contributed by atoms with Gasteiger partial charge in [0.15, 0.2) is 0 Å². The molecule has 0 spiro atoms. The van der Waals surface area contributed by atoms with E-state index in [-0.39, 0.29) is 0 Å². The molecule has 0 aromatic heterocycles. The monoisotopic (exact) mass is 152 g/mol. The van der Waals surface area contributed by atoms with E-state index in [9.17, 15) is 4.79 Å². The van der Waals surface area contributed by atoms with E-state index in [1.165, 1.54) is 19.3 Å². The average molecular weight is 152 g/mol. The lowest BCUT2D eigenvalue weighted by Gasteiger charge is -1.87. The summed E-state index contributed by atoms with van der Waals surface area (Å²) in [7, 11) is 0. The fourth-order valence-electron chi connectivity index (χ4n) is 1.21. The van der Waals surface area contributed by atoms with Crippen molar-refractivity contribution < 1.29 is 4.79 Å². The van der Waals surface area contributed by atoms with Crippen LogP contribution < -0.4 is 0 Å². The molecule has 0 radical (unpaired) electrons. The number of unbranched alkanes of at least 4 members (excludes halogenated alkanes) is 2. The molecule has 11 heavy (non-hydrogen) atoms. The molecule has 1 saturated carbocycles. The van der Waals surface area contributed by atoms with Gasteiger partial charge in [-0.2, -0.15) is 0 Å². The van der Waals surface area contributed by atoms with Crippen molar-refractivity contribution in [3.05, 3.63) is 12.2 Å². The summed E-state index contributed by atoms with van der Waals surface area (Å²) in [4.78, 5) is 10.2. The van der Waals surface area contributed by atoms with Gasteiger partial charge < -0.3 is 4.79 Å². The minimum absolute atomic E-state index is 0.355. The van der Waals surface area contributed by atoms with Gasteiger partial charge in [0, 0.05) is 5.92 Å². The molecule has 0 bridgehead atoms. The summed E-state index contributed by atoms with van der Waals surface area (Å²) in [6.07, 6.45) is 10.3. The van der Waals surface area contributed by atoms with E-state index in [1.807, 2.05) is 0 Å². The minimum Gasteiger partial charge on any atom is -0.303 e. The predicted octanol–water partition coefficient (Wildman–Crippen LogP) is 2.57. The molecule has 0 aromatic rings. The minimum atomic E-state index is 0.355. The lowest BCUT2D eigenvalue weighted by Crippen LogP contribution is -1.77. The maximum absolute atomic E-state index is 10.2. The molecule has 1 heteroatoms. The van der Waals surface area contributed by atoms with Crippen LogP contribution in [0.2, 0.25) is 0 Å². The summed E-state index contributed by atoms with van der Waals surface area (Å²) in [6, 6.07) is 0. The van der Waals surface area contributed by atoms with Crippen molar-refractivity contribution in [1.29, 1.82) is 0 Å². The first-order valence-electron chi connectivity index (χ1n) is 4.50. The smallest absolute Gasteiger partial charge is 0.123 e. The molecule has 1 aliphatic carbocycles. The lowest BCUT2D eigenvalue weighted by molar-refractivity contribution is -0.109. The molecule has 0 unspecified atom stereocenters. The van der Waals surface area contributed by atoms with Crippen molar-refractivity contribution in [3.8, 4) is 0 Å². The molecule has 1 aliphatic rings. The largest absolute Gasteiger partial charge is 0.303 e. The Hall–Kier alpha value is -0.590. The van der Waals surface area contributed by atoms with Crippen LogP contribution in [0.1, 0.15) is 32.6 Å². The second-order valence-electron chi connectivity index (χ2n) is 3.27. The first-order valence-corrected chi connectivity index (χ1v) is 4.50. The van der Waals surface area contributed by atoms with Crippen LogP contribution in [0.15, 0.2) is 12.2 Å². The van der Waals surface area contributed by atoms with Gasteiger partial charge >= 0.3 is 0 Å².